The second-order valence-electron chi connectivity index (χ2n) is 5.89. The molecule has 122 valence electrons. The molecular weight excluding hydrogens is 280 g/mol. The van der Waals surface area contributed by atoms with Gasteiger partial charge in [-0.1, -0.05) is 0 Å². The van der Waals surface area contributed by atoms with Crippen molar-refractivity contribution in [2.45, 2.75) is 25.4 Å². The molecule has 1 amide bonds. The molecule has 2 heterocycles. The third kappa shape index (κ3) is 5.61. The molecular formula is C16H26N4O2. The Morgan fingerprint density at radius 3 is 3.05 bits per heavy atom. The number of carbonyl (C=O) groups excluding carboxylic acids is 1. The van der Waals surface area contributed by atoms with E-state index in [1.807, 2.05) is 6.07 Å². The number of nitrogens with one attached hydrogen (secondary N) is 2. The lowest BCUT2D eigenvalue weighted by atomic mass is 10.2. The van der Waals surface area contributed by atoms with Gasteiger partial charge in [0.05, 0.1) is 17.4 Å². The van der Waals surface area contributed by atoms with E-state index in [4.69, 9.17) is 4.74 Å². The van der Waals surface area contributed by atoms with Crippen molar-refractivity contribution in [3.8, 4) is 0 Å². The van der Waals surface area contributed by atoms with Gasteiger partial charge in [0.2, 0.25) is 0 Å². The Labute approximate surface area is 132 Å². The number of anilines is 1. The number of rotatable bonds is 8. The van der Waals surface area contributed by atoms with E-state index in [2.05, 4.69) is 34.6 Å². The summed E-state index contributed by atoms with van der Waals surface area (Å²) < 4.78 is 5.50. The molecule has 2 N–H and O–H groups in total. The summed E-state index contributed by atoms with van der Waals surface area (Å²) >= 11 is 0. The summed E-state index contributed by atoms with van der Waals surface area (Å²) in [5, 5.41) is 6.21. The summed E-state index contributed by atoms with van der Waals surface area (Å²) in [4.78, 5) is 18.4. The Kier molecular flexibility index (Phi) is 6.61. The van der Waals surface area contributed by atoms with Gasteiger partial charge in [-0.15, -0.1) is 0 Å². The fraction of sp³-hybridized carbons (Fsp3) is 0.625. The van der Waals surface area contributed by atoms with Crippen LogP contribution in [0.15, 0.2) is 18.5 Å². The monoisotopic (exact) mass is 306 g/mol. The molecule has 1 aromatic rings. The first-order chi connectivity index (χ1) is 10.6. The lowest BCUT2D eigenvalue weighted by molar-refractivity contribution is 0.0857. The largest absolute Gasteiger partial charge is 0.384 e. The average Bonchev–Trinajstić information content (AvgIpc) is 3.03. The Balaban J connectivity index is 1.77. The summed E-state index contributed by atoms with van der Waals surface area (Å²) in [6.45, 7) is 3.26. The minimum atomic E-state index is -0.0973. The van der Waals surface area contributed by atoms with E-state index in [0.29, 0.717) is 12.1 Å². The van der Waals surface area contributed by atoms with E-state index in [9.17, 15) is 4.79 Å². The van der Waals surface area contributed by atoms with Gasteiger partial charge >= 0.3 is 0 Å². The van der Waals surface area contributed by atoms with Gasteiger partial charge in [0.15, 0.2) is 0 Å². The minimum Gasteiger partial charge on any atom is -0.384 e. The van der Waals surface area contributed by atoms with Gasteiger partial charge in [-0.25, -0.2) is 0 Å². The van der Waals surface area contributed by atoms with Gasteiger partial charge in [-0.3, -0.25) is 9.78 Å². The maximum atomic E-state index is 12.1. The molecule has 6 nitrogen and oxygen atoms in total. The lowest BCUT2D eigenvalue weighted by Crippen LogP contribution is -2.31. The van der Waals surface area contributed by atoms with Crippen LogP contribution in [-0.2, 0) is 4.74 Å². The number of hydrogen-bond donors (Lipinski definition) is 2. The van der Waals surface area contributed by atoms with Crippen molar-refractivity contribution < 1.29 is 9.53 Å². The first kappa shape index (κ1) is 16.7. The van der Waals surface area contributed by atoms with Gasteiger partial charge in [-0.05, 0) is 46.0 Å². The highest BCUT2D eigenvalue weighted by Crippen LogP contribution is 2.12. The number of amides is 1. The summed E-state index contributed by atoms with van der Waals surface area (Å²) in [5.74, 6) is -0.0973. The van der Waals surface area contributed by atoms with Crippen molar-refractivity contribution >= 4 is 11.6 Å². The minimum absolute atomic E-state index is 0.0973. The molecule has 0 aliphatic carbocycles. The maximum absolute atomic E-state index is 12.1. The average molecular weight is 306 g/mol. The van der Waals surface area contributed by atoms with Crippen molar-refractivity contribution in [3.63, 3.8) is 0 Å². The Hall–Kier alpha value is -1.66. The van der Waals surface area contributed by atoms with E-state index in [1.165, 1.54) is 0 Å². The highest BCUT2D eigenvalue weighted by molar-refractivity contribution is 5.94. The maximum Gasteiger partial charge on any atom is 0.253 e. The van der Waals surface area contributed by atoms with Crippen molar-refractivity contribution in [2.24, 2.45) is 0 Å². The summed E-state index contributed by atoms with van der Waals surface area (Å²) in [6, 6.07) is 1.84. The topological polar surface area (TPSA) is 66.5 Å². The van der Waals surface area contributed by atoms with Gasteiger partial charge in [-0.2, -0.15) is 0 Å². The van der Waals surface area contributed by atoms with Gasteiger partial charge in [0.1, 0.15) is 0 Å². The van der Waals surface area contributed by atoms with Crippen LogP contribution in [0.3, 0.4) is 0 Å². The first-order valence-corrected chi connectivity index (χ1v) is 7.88. The molecule has 6 heteroatoms. The molecule has 1 unspecified atom stereocenters. The molecule has 1 fully saturated rings. The number of pyridine rings is 1. The molecule has 0 radical (unpaired) electrons. The molecule has 1 aromatic heterocycles. The fourth-order valence-electron chi connectivity index (χ4n) is 2.40. The number of nitrogens with zero attached hydrogens (tertiary/aromatic N) is 2. The van der Waals surface area contributed by atoms with Crippen LogP contribution < -0.4 is 10.6 Å². The Morgan fingerprint density at radius 2 is 2.32 bits per heavy atom. The molecule has 2 rings (SSSR count). The molecule has 1 saturated heterocycles. The summed E-state index contributed by atoms with van der Waals surface area (Å²) in [6.07, 6.45) is 6.63. The summed E-state index contributed by atoms with van der Waals surface area (Å²) in [5.41, 5.74) is 1.46. The standard InChI is InChI=1S/C16H26N4O2/c1-20(2)7-4-6-18-14-9-13(10-17-11-14)16(21)19-12-15-5-3-8-22-15/h9-11,15,18H,3-8,12H2,1-2H3,(H,19,21). The molecule has 0 saturated carbocycles. The second-order valence-corrected chi connectivity index (χ2v) is 5.89. The normalized spacial score (nSPS) is 17.7. The van der Waals surface area contributed by atoms with Crippen LogP contribution in [0.4, 0.5) is 5.69 Å². The van der Waals surface area contributed by atoms with E-state index >= 15 is 0 Å². The highest BCUT2D eigenvalue weighted by Gasteiger charge is 2.16. The summed E-state index contributed by atoms with van der Waals surface area (Å²) in [7, 11) is 4.11. The molecule has 1 atom stereocenters. The van der Waals surface area contributed by atoms with Crippen LogP contribution in [0.25, 0.3) is 0 Å². The van der Waals surface area contributed by atoms with Crippen LogP contribution in [0.5, 0.6) is 0 Å². The molecule has 1 aliphatic heterocycles. The zero-order chi connectivity index (χ0) is 15.8. The number of hydrogen-bond acceptors (Lipinski definition) is 5. The Morgan fingerprint density at radius 1 is 1.45 bits per heavy atom. The van der Waals surface area contributed by atoms with Crippen molar-refractivity contribution in [1.29, 1.82) is 0 Å². The van der Waals surface area contributed by atoms with E-state index in [1.54, 1.807) is 12.4 Å². The first-order valence-electron chi connectivity index (χ1n) is 7.88. The molecule has 22 heavy (non-hydrogen) atoms. The van der Waals surface area contributed by atoms with Gasteiger partial charge in [0.25, 0.3) is 5.91 Å². The molecule has 1 aliphatic rings. The van der Waals surface area contributed by atoms with Crippen LogP contribution in [0.2, 0.25) is 0 Å². The van der Waals surface area contributed by atoms with Crippen LogP contribution in [0.1, 0.15) is 29.6 Å². The quantitative estimate of drug-likeness (QED) is 0.710. The van der Waals surface area contributed by atoms with Crippen LogP contribution in [-0.4, -0.2) is 62.2 Å². The van der Waals surface area contributed by atoms with Crippen molar-refractivity contribution in [3.05, 3.63) is 24.0 Å². The molecule has 0 aromatic carbocycles. The number of ether oxygens (including phenoxy) is 1. The van der Waals surface area contributed by atoms with Gasteiger partial charge < -0.3 is 20.3 Å². The molecule has 0 spiro atoms. The van der Waals surface area contributed by atoms with Crippen molar-refractivity contribution in [1.82, 2.24) is 15.2 Å². The predicted molar refractivity (Wildman–Crippen MR) is 87.2 cm³/mol. The third-order valence-electron chi connectivity index (χ3n) is 3.63. The SMILES string of the molecule is CN(C)CCCNc1cncc(C(=O)NCC2CCCO2)c1. The van der Waals surface area contributed by atoms with Crippen molar-refractivity contribution in [2.75, 3.05) is 45.7 Å². The highest BCUT2D eigenvalue weighted by atomic mass is 16.5. The predicted octanol–water partition coefficient (Wildman–Crippen LogP) is 1.35. The molecule has 0 bridgehead atoms. The van der Waals surface area contributed by atoms with E-state index in [-0.39, 0.29) is 12.0 Å². The Bertz CT molecular complexity index is 473. The zero-order valence-electron chi connectivity index (χ0n) is 13.5. The second kappa shape index (κ2) is 8.70. The van der Waals surface area contributed by atoms with Crippen LogP contribution >= 0.6 is 0 Å². The number of aromatic nitrogens is 1. The lowest BCUT2D eigenvalue weighted by Gasteiger charge is -2.12. The van der Waals surface area contributed by atoms with E-state index < -0.39 is 0 Å². The van der Waals surface area contributed by atoms with E-state index in [0.717, 1.165) is 44.6 Å². The zero-order valence-corrected chi connectivity index (χ0v) is 13.5. The third-order valence-corrected chi connectivity index (χ3v) is 3.63. The van der Waals surface area contributed by atoms with Gasteiger partial charge in [0, 0.05) is 32.1 Å². The number of carbonyl (C=O) groups is 1. The smallest absolute Gasteiger partial charge is 0.253 e. The van der Waals surface area contributed by atoms with Crippen LogP contribution in [0, 0.1) is 0 Å². The fourth-order valence-corrected chi connectivity index (χ4v) is 2.40.